The summed E-state index contributed by atoms with van der Waals surface area (Å²) in [5, 5.41) is 24.3. The summed E-state index contributed by atoms with van der Waals surface area (Å²) in [4.78, 5) is 35.5. The molecule has 0 aliphatic heterocycles. The largest absolute Gasteiger partial charge is 0.478 e. The molecule has 180 valence electrons. The van der Waals surface area contributed by atoms with Gasteiger partial charge in [-0.2, -0.15) is 0 Å². The van der Waals surface area contributed by atoms with Gasteiger partial charge in [0.2, 0.25) is 5.91 Å². The first-order valence-electron chi connectivity index (χ1n) is 10.9. The number of alkyl carbamates (subject to hydrolysis) is 1. The highest BCUT2D eigenvalue weighted by atomic mass is 35.5. The van der Waals surface area contributed by atoms with E-state index in [1.807, 2.05) is 48.5 Å². The number of aliphatic hydroxyl groups is 1. The van der Waals surface area contributed by atoms with Gasteiger partial charge in [0.1, 0.15) is 6.61 Å². The molecule has 1 unspecified atom stereocenters. The number of anilines is 1. The number of aromatic carboxylic acids is 1. The van der Waals surface area contributed by atoms with Crippen molar-refractivity contribution < 1.29 is 29.3 Å². The summed E-state index contributed by atoms with van der Waals surface area (Å²) in [5.74, 6) is -1.84. The van der Waals surface area contributed by atoms with Gasteiger partial charge < -0.3 is 25.6 Å². The van der Waals surface area contributed by atoms with Crippen LogP contribution in [0.1, 0.15) is 33.8 Å². The van der Waals surface area contributed by atoms with Crippen molar-refractivity contribution in [1.82, 2.24) is 5.32 Å². The van der Waals surface area contributed by atoms with Crippen LogP contribution in [0.4, 0.5) is 10.5 Å². The molecule has 1 atom stereocenters. The highest BCUT2D eigenvalue weighted by Crippen LogP contribution is 2.44. The van der Waals surface area contributed by atoms with Gasteiger partial charge >= 0.3 is 12.1 Å². The molecule has 3 aromatic rings. The van der Waals surface area contributed by atoms with E-state index in [4.69, 9.17) is 21.4 Å². The van der Waals surface area contributed by atoms with Crippen LogP contribution >= 0.6 is 11.6 Å². The number of ether oxygens (including phenoxy) is 1. The maximum Gasteiger partial charge on any atom is 0.407 e. The Hall–Kier alpha value is -3.88. The Labute approximate surface area is 206 Å². The lowest BCUT2D eigenvalue weighted by Crippen LogP contribution is -2.35. The molecule has 0 heterocycles. The SMILES string of the molecule is O=C(CC(O)CNC(=O)OCC1c2ccccc2-c2ccccc21)Nc1cc(Cl)cc(C(=O)O)c1. The fourth-order valence-electron chi connectivity index (χ4n) is 4.13. The zero-order valence-corrected chi connectivity index (χ0v) is 19.3. The lowest BCUT2D eigenvalue weighted by molar-refractivity contribution is -0.118. The van der Waals surface area contributed by atoms with Crippen molar-refractivity contribution in [3.63, 3.8) is 0 Å². The second kappa shape index (κ2) is 10.6. The number of rotatable bonds is 8. The van der Waals surface area contributed by atoms with E-state index in [1.54, 1.807) is 0 Å². The quantitative estimate of drug-likeness (QED) is 0.370. The summed E-state index contributed by atoms with van der Waals surface area (Å²) in [5.41, 5.74) is 4.53. The summed E-state index contributed by atoms with van der Waals surface area (Å²) in [6.45, 7) is -0.0584. The molecule has 1 aliphatic carbocycles. The van der Waals surface area contributed by atoms with E-state index in [0.29, 0.717) is 0 Å². The summed E-state index contributed by atoms with van der Waals surface area (Å²) < 4.78 is 5.41. The van der Waals surface area contributed by atoms with Gasteiger partial charge in [-0.15, -0.1) is 0 Å². The number of amides is 2. The molecule has 4 N–H and O–H groups in total. The van der Waals surface area contributed by atoms with Crippen molar-refractivity contribution in [3.05, 3.63) is 88.4 Å². The minimum absolute atomic E-state index is 0.0785. The predicted molar refractivity (Wildman–Crippen MR) is 131 cm³/mol. The molecule has 0 saturated heterocycles. The summed E-state index contributed by atoms with van der Waals surface area (Å²) in [6.07, 6.45) is -2.20. The molecule has 0 bridgehead atoms. The number of carbonyl (C=O) groups is 3. The topological polar surface area (TPSA) is 125 Å². The van der Waals surface area contributed by atoms with Crippen molar-refractivity contribution in [2.45, 2.75) is 18.4 Å². The first-order valence-corrected chi connectivity index (χ1v) is 11.3. The lowest BCUT2D eigenvalue weighted by Gasteiger charge is -2.16. The maximum atomic E-state index is 12.2. The Balaban J connectivity index is 1.26. The average Bonchev–Trinajstić information content (AvgIpc) is 3.14. The molecular formula is C26H23ClN2O6. The fourth-order valence-corrected chi connectivity index (χ4v) is 4.37. The molecule has 0 radical (unpaired) electrons. The van der Waals surface area contributed by atoms with Crippen LogP contribution in [-0.4, -0.2) is 47.4 Å². The Morgan fingerprint density at radius 1 is 0.971 bits per heavy atom. The third kappa shape index (κ3) is 5.79. The van der Waals surface area contributed by atoms with Gasteiger partial charge in [0.05, 0.1) is 18.1 Å². The second-order valence-electron chi connectivity index (χ2n) is 8.15. The van der Waals surface area contributed by atoms with Crippen molar-refractivity contribution in [2.75, 3.05) is 18.5 Å². The molecule has 0 aromatic heterocycles. The number of carbonyl (C=O) groups excluding carboxylic acids is 2. The maximum absolute atomic E-state index is 12.2. The van der Waals surface area contributed by atoms with Crippen LogP contribution in [0.5, 0.6) is 0 Å². The van der Waals surface area contributed by atoms with Crippen LogP contribution < -0.4 is 10.6 Å². The van der Waals surface area contributed by atoms with E-state index in [9.17, 15) is 19.5 Å². The van der Waals surface area contributed by atoms with Crippen molar-refractivity contribution in [3.8, 4) is 11.1 Å². The zero-order valence-electron chi connectivity index (χ0n) is 18.5. The van der Waals surface area contributed by atoms with E-state index in [1.165, 1.54) is 18.2 Å². The zero-order chi connectivity index (χ0) is 24.9. The molecule has 3 aromatic carbocycles. The molecule has 1 aliphatic rings. The third-order valence-electron chi connectivity index (χ3n) is 5.68. The number of halogens is 1. The third-order valence-corrected chi connectivity index (χ3v) is 5.89. The fraction of sp³-hybridized carbons (Fsp3) is 0.192. The number of aliphatic hydroxyl groups excluding tert-OH is 1. The van der Waals surface area contributed by atoms with Crippen LogP contribution in [0.25, 0.3) is 11.1 Å². The number of carboxylic acids is 1. The molecular weight excluding hydrogens is 472 g/mol. The van der Waals surface area contributed by atoms with Gasteiger partial charge in [0, 0.05) is 23.2 Å². The number of fused-ring (bicyclic) bond motifs is 3. The molecule has 0 fully saturated rings. The van der Waals surface area contributed by atoms with E-state index in [0.717, 1.165) is 22.3 Å². The number of hydrogen-bond acceptors (Lipinski definition) is 5. The van der Waals surface area contributed by atoms with Gasteiger partial charge in [-0.25, -0.2) is 9.59 Å². The number of nitrogens with one attached hydrogen (secondary N) is 2. The van der Waals surface area contributed by atoms with Gasteiger partial charge in [-0.05, 0) is 40.5 Å². The normalized spacial score (nSPS) is 12.9. The first-order chi connectivity index (χ1) is 16.8. The minimum Gasteiger partial charge on any atom is -0.478 e. The standard InChI is InChI=1S/C26H23ClN2O6/c27-16-9-15(25(32)33)10-17(11-16)29-24(31)12-18(30)13-28-26(34)35-14-23-21-7-3-1-5-19(21)20-6-2-4-8-22(20)23/h1-11,18,23,30H,12-14H2,(H,28,34)(H,29,31)(H,32,33). The highest BCUT2D eigenvalue weighted by Gasteiger charge is 2.29. The van der Waals surface area contributed by atoms with E-state index in [-0.39, 0.29) is 41.8 Å². The van der Waals surface area contributed by atoms with E-state index in [2.05, 4.69) is 10.6 Å². The molecule has 0 spiro atoms. The van der Waals surface area contributed by atoms with Crippen LogP contribution in [-0.2, 0) is 9.53 Å². The number of benzene rings is 3. The minimum atomic E-state index is -1.18. The summed E-state index contributed by atoms with van der Waals surface area (Å²) >= 11 is 5.88. The second-order valence-corrected chi connectivity index (χ2v) is 8.58. The van der Waals surface area contributed by atoms with Crippen molar-refractivity contribution in [2.24, 2.45) is 0 Å². The average molecular weight is 495 g/mol. The lowest BCUT2D eigenvalue weighted by atomic mass is 9.98. The highest BCUT2D eigenvalue weighted by molar-refractivity contribution is 6.31. The van der Waals surface area contributed by atoms with E-state index >= 15 is 0 Å². The molecule has 9 heteroatoms. The van der Waals surface area contributed by atoms with Crippen LogP contribution in [0.3, 0.4) is 0 Å². The Morgan fingerprint density at radius 2 is 1.60 bits per heavy atom. The number of hydrogen-bond donors (Lipinski definition) is 4. The Kier molecular flexibility index (Phi) is 7.33. The van der Waals surface area contributed by atoms with Crippen LogP contribution in [0, 0.1) is 0 Å². The molecule has 4 rings (SSSR count). The smallest absolute Gasteiger partial charge is 0.407 e. The van der Waals surface area contributed by atoms with Crippen molar-refractivity contribution >= 4 is 35.3 Å². The van der Waals surface area contributed by atoms with E-state index < -0.39 is 24.1 Å². The molecule has 0 saturated carbocycles. The van der Waals surface area contributed by atoms with Crippen LogP contribution in [0.15, 0.2) is 66.7 Å². The monoisotopic (exact) mass is 494 g/mol. The first kappa shape index (κ1) is 24.3. The number of carboxylic acid groups (broad SMARTS) is 1. The predicted octanol–water partition coefficient (Wildman–Crippen LogP) is 4.27. The molecule has 8 nitrogen and oxygen atoms in total. The summed E-state index contributed by atoms with van der Waals surface area (Å²) in [7, 11) is 0. The summed E-state index contributed by atoms with van der Waals surface area (Å²) in [6, 6.07) is 19.9. The molecule has 35 heavy (non-hydrogen) atoms. The van der Waals surface area contributed by atoms with Gasteiger partial charge in [-0.3, -0.25) is 4.79 Å². The van der Waals surface area contributed by atoms with Gasteiger partial charge in [0.15, 0.2) is 0 Å². The van der Waals surface area contributed by atoms with Gasteiger partial charge in [0.25, 0.3) is 0 Å². The Morgan fingerprint density at radius 3 is 2.23 bits per heavy atom. The van der Waals surface area contributed by atoms with Gasteiger partial charge in [-0.1, -0.05) is 60.1 Å². The Bertz CT molecular complexity index is 1230. The van der Waals surface area contributed by atoms with Crippen molar-refractivity contribution in [1.29, 1.82) is 0 Å². The van der Waals surface area contributed by atoms with Crippen LogP contribution in [0.2, 0.25) is 5.02 Å². The molecule has 2 amide bonds.